The van der Waals surface area contributed by atoms with E-state index in [-0.39, 0.29) is 11.8 Å². The predicted octanol–water partition coefficient (Wildman–Crippen LogP) is 2.81. The van der Waals surface area contributed by atoms with E-state index in [4.69, 9.17) is 28.9 Å². The van der Waals surface area contributed by atoms with Gasteiger partial charge in [-0.15, -0.1) is 0 Å². The van der Waals surface area contributed by atoms with Crippen LogP contribution in [0.2, 0.25) is 10.0 Å². The van der Waals surface area contributed by atoms with Crippen molar-refractivity contribution >= 4 is 45.9 Å². The predicted molar refractivity (Wildman–Crippen MR) is 86.1 cm³/mol. The van der Waals surface area contributed by atoms with Gasteiger partial charge in [-0.1, -0.05) is 23.2 Å². The third kappa shape index (κ3) is 2.34. The number of rotatable bonds is 2. The highest BCUT2D eigenvalue weighted by atomic mass is 35.5. The van der Waals surface area contributed by atoms with Crippen LogP contribution in [-0.4, -0.2) is 34.8 Å². The quantitative estimate of drug-likeness (QED) is 0.882. The minimum atomic E-state index is -0.664. The Morgan fingerprint density at radius 3 is 2.73 bits per heavy atom. The van der Waals surface area contributed by atoms with E-state index in [0.717, 1.165) is 5.52 Å². The lowest BCUT2D eigenvalue weighted by atomic mass is 9.89. The first-order valence-electron chi connectivity index (χ1n) is 6.88. The fraction of sp³-hybridized carbons (Fsp3) is 0.333. The number of carbonyl (C=O) groups is 2. The molecule has 0 bridgehead atoms. The molecule has 1 aromatic carbocycles. The van der Waals surface area contributed by atoms with Crippen molar-refractivity contribution in [3.63, 3.8) is 0 Å². The van der Waals surface area contributed by atoms with Gasteiger partial charge < -0.3 is 15.6 Å². The van der Waals surface area contributed by atoms with Crippen LogP contribution in [0.4, 0.5) is 0 Å². The van der Waals surface area contributed by atoms with Crippen molar-refractivity contribution in [2.24, 2.45) is 11.1 Å². The van der Waals surface area contributed by atoms with E-state index in [2.05, 4.69) is 4.98 Å². The van der Waals surface area contributed by atoms with Crippen molar-refractivity contribution in [3.05, 3.63) is 33.9 Å². The van der Waals surface area contributed by atoms with Crippen LogP contribution in [0.25, 0.3) is 10.9 Å². The van der Waals surface area contributed by atoms with Crippen molar-refractivity contribution in [3.8, 4) is 0 Å². The Morgan fingerprint density at radius 1 is 1.36 bits per heavy atom. The Bertz CT molecular complexity index is 786. The molecule has 2 aromatic rings. The van der Waals surface area contributed by atoms with E-state index >= 15 is 0 Å². The molecule has 0 radical (unpaired) electrons. The summed E-state index contributed by atoms with van der Waals surface area (Å²) in [5, 5.41) is 1.56. The number of aromatic nitrogens is 1. The number of amides is 2. The highest BCUT2D eigenvalue weighted by Gasteiger charge is 2.41. The zero-order valence-corrected chi connectivity index (χ0v) is 13.5. The van der Waals surface area contributed by atoms with Crippen molar-refractivity contribution < 1.29 is 9.59 Å². The van der Waals surface area contributed by atoms with E-state index in [9.17, 15) is 9.59 Å². The summed E-state index contributed by atoms with van der Waals surface area (Å²) < 4.78 is 0. The summed E-state index contributed by atoms with van der Waals surface area (Å²) >= 11 is 12.1. The van der Waals surface area contributed by atoms with Crippen LogP contribution in [0.5, 0.6) is 0 Å². The molecule has 2 heterocycles. The number of carbonyl (C=O) groups excluding carboxylic acids is 2. The van der Waals surface area contributed by atoms with Crippen LogP contribution < -0.4 is 5.73 Å². The number of nitrogens with two attached hydrogens (primary N) is 1. The molecule has 1 aliphatic heterocycles. The van der Waals surface area contributed by atoms with Crippen LogP contribution >= 0.6 is 23.2 Å². The minimum Gasteiger partial charge on any atom is -0.369 e. The maximum absolute atomic E-state index is 12.6. The highest BCUT2D eigenvalue weighted by molar-refractivity contribution is 6.45. The number of primary amides is 1. The molecule has 3 rings (SSSR count). The molecule has 1 saturated heterocycles. The molecule has 5 nitrogen and oxygen atoms in total. The van der Waals surface area contributed by atoms with Gasteiger partial charge >= 0.3 is 0 Å². The zero-order valence-electron chi connectivity index (χ0n) is 12.0. The van der Waals surface area contributed by atoms with Crippen molar-refractivity contribution in [2.75, 3.05) is 13.1 Å². The Kier molecular flexibility index (Phi) is 3.57. The molecule has 7 heteroatoms. The lowest BCUT2D eigenvalue weighted by Gasteiger charge is -2.20. The number of likely N-dealkylation sites (tertiary alicyclic amines) is 1. The highest BCUT2D eigenvalue weighted by Crippen LogP contribution is 2.33. The Labute approximate surface area is 137 Å². The van der Waals surface area contributed by atoms with Gasteiger partial charge in [0.15, 0.2) is 0 Å². The normalized spacial score (nSPS) is 21.5. The van der Waals surface area contributed by atoms with Gasteiger partial charge in [0.25, 0.3) is 5.91 Å². The molecule has 0 saturated carbocycles. The molecule has 0 aliphatic carbocycles. The third-order valence-corrected chi connectivity index (χ3v) is 5.10. The minimum absolute atomic E-state index is 0.173. The molecule has 0 unspecified atom stereocenters. The van der Waals surface area contributed by atoms with Crippen LogP contribution in [0.15, 0.2) is 18.2 Å². The number of hydrogen-bond acceptors (Lipinski definition) is 2. The van der Waals surface area contributed by atoms with E-state index < -0.39 is 5.41 Å². The molecular formula is C15H15Cl2N3O2. The topological polar surface area (TPSA) is 79.2 Å². The number of fused-ring (bicyclic) bond motifs is 1. The first-order chi connectivity index (χ1) is 10.3. The van der Waals surface area contributed by atoms with Gasteiger partial charge in [0, 0.05) is 24.0 Å². The number of nitrogens with zero attached hydrogens (tertiary/aromatic N) is 1. The van der Waals surface area contributed by atoms with Gasteiger partial charge in [-0.25, -0.2) is 0 Å². The maximum atomic E-state index is 12.6. The number of H-pyrrole nitrogens is 1. The summed E-state index contributed by atoms with van der Waals surface area (Å²) in [5.41, 5.74) is 5.92. The average molecular weight is 340 g/mol. The van der Waals surface area contributed by atoms with Crippen LogP contribution in [0.3, 0.4) is 0 Å². The summed E-state index contributed by atoms with van der Waals surface area (Å²) in [6.45, 7) is 2.61. The lowest BCUT2D eigenvalue weighted by Crippen LogP contribution is -2.38. The molecular weight excluding hydrogens is 325 g/mol. The standard InChI is InChI=1S/C15H15Cl2N3O2/c1-15(14(18)22)4-5-20(7-15)13(21)11-6-8-10(19-11)3-2-9(16)12(8)17/h2-3,6,19H,4-5,7H2,1H3,(H2,18,22)/t15-/m1/s1. The van der Waals surface area contributed by atoms with Crippen molar-refractivity contribution in [1.82, 2.24) is 9.88 Å². The second kappa shape index (κ2) is 5.18. The molecule has 1 fully saturated rings. The molecule has 0 spiro atoms. The fourth-order valence-electron chi connectivity index (χ4n) is 2.76. The van der Waals surface area contributed by atoms with E-state index in [0.29, 0.717) is 40.6 Å². The Hall–Kier alpha value is -1.72. The Morgan fingerprint density at radius 2 is 2.09 bits per heavy atom. The number of nitrogens with one attached hydrogen (secondary N) is 1. The number of halogens is 2. The summed E-state index contributed by atoms with van der Waals surface area (Å²) in [5.74, 6) is -0.553. The molecule has 3 N–H and O–H groups in total. The SMILES string of the molecule is C[C@@]1(C(N)=O)CCN(C(=O)c2cc3c(Cl)c(Cl)ccc3[nH]2)C1. The summed E-state index contributed by atoms with van der Waals surface area (Å²) in [4.78, 5) is 28.8. The number of aromatic amines is 1. The smallest absolute Gasteiger partial charge is 0.270 e. The fourth-order valence-corrected chi connectivity index (χ4v) is 3.15. The van der Waals surface area contributed by atoms with Gasteiger partial charge in [0.2, 0.25) is 5.91 Å². The average Bonchev–Trinajstić information content (AvgIpc) is 3.07. The van der Waals surface area contributed by atoms with Gasteiger partial charge in [-0.2, -0.15) is 0 Å². The van der Waals surface area contributed by atoms with Gasteiger partial charge in [0.05, 0.1) is 15.5 Å². The van der Waals surface area contributed by atoms with Gasteiger partial charge in [-0.3, -0.25) is 9.59 Å². The molecule has 2 amide bonds. The zero-order chi connectivity index (χ0) is 16.1. The lowest BCUT2D eigenvalue weighted by molar-refractivity contribution is -0.126. The summed E-state index contributed by atoms with van der Waals surface area (Å²) in [6.07, 6.45) is 0.570. The van der Waals surface area contributed by atoms with Gasteiger partial charge in [-0.05, 0) is 31.5 Å². The van der Waals surface area contributed by atoms with E-state index in [1.54, 1.807) is 30.0 Å². The molecule has 22 heavy (non-hydrogen) atoms. The largest absolute Gasteiger partial charge is 0.369 e. The second-order valence-electron chi connectivity index (χ2n) is 5.91. The molecule has 1 atom stereocenters. The van der Waals surface area contributed by atoms with Crippen molar-refractivity contribution in [1.29, 1.82) is 0 Å². The van der Waals surface area contributed by atoms with Crippen LogP contribution in [-0.2, 0) is 4.79 Å². The second-order valence-corrected chi connectivity index (χ2v) is 6.69. The monoisotopic (exact) mass is 339 g/mol. The van der Waals surface area contributed by atoms with E-state index in [1.165, 1.54) is 0 Å². The van der Waals surface area contributed by atoms with Crippen molar-refractivity contribution in [2.45, 2.75) is 13.3 Å². The van der Waals surface area contributed by atoms with Gasteiger partial charge in [0.1, 0.15) is 5.69 Å². The van der Waals surface area contributed by atoms with Crippen LogP contribution in [0, 0.1) is 5.41 Å². The number of benzene rings is 1. The Balaban J connectivity index is 1.91. The number of hydrogen-bond donors (Lipinski definition) is 2. The van der Waals surface area contributed by atoms with Crippen LogP contribution in [0.1, 0.15) is 23.8 Å². The summed E-state index contributed by atoms with van der Waals surface area (Å²) in [6, 6.07) is 5.14. The molecule has 1 aromatic heterocycles. The summed E-state index contributed by atoms with van der Waals surface area (Å²) in [7, 11) is 0. The third-order valence-electron chi connectivity index (χ3n) is 4.28. The maximum Gasteiger partial charge on any atom is 0.270 e. The first kappa shape index (κ1) is 15.2. The molecule has 116 valence electrons. The van der Waals surface area contributed by atoms with E-state index in [1.807, 2.05) is 0 Å². The first-order valence-corrected chi connectivity index (χ1v) is 7.63. The molecule has 1 aliphatic rings.